The molecule has 0 aliphatic carbocycles. The number of amides is 1. The van der Waals surface area contributed by atoms with E-state index in [1.165, 1.54) is 0 Å². The molecule has 1 amide bonds. The Morgan fingerprint density at radius 3 is 2.65 bits per heavy atom. The lowest BCUT2D eigenvalue weighted by Crippen LogP contribution is -2.42. The van der Waals surface area contributed by atoms with Crippen molar-refractivity contribution in [2.75, 3.05) is 30.3 Å². The van der Waals surface area contributed by atoms with Crippen LogP contribution in [0.5, 0.6) is 0 Å². The summed E-state index contributed by atoms with van der Waals surface area (Å²) in [5.41, 5.74) is -1.47. The highest BCUT2D eigenvalue weighted by atomic mass is 35.5. The summed E-state index contributed by atoms with van der Waals surface area (Å²) in [4.78, 5) is 12.1. The zero-order valence-electron chi connectivity index (χ0n) is 13.8. The lowest BCUT2D eigenvalue weighted by molar-refractivity contribution is -0.137. The third-order valence-electron chi connectivity index (χ3n) is 3.78. The van der Waals surface area contributed by atoms with Gasteiger partial charge in [0.05, 0.1) is 28.6 Å². The summed E-state index contributed by atoms with van der Waals surface area (Å²) in [6.45, 7) is 0.163. The monoisotopic (exact) mass is 414 g/mol. The van der Waals surface area contributed by atoms with Crippen molar-refractivity contribution in [2.45, 2.75) is 25.1 Å². The van der Waals surface area contributed by atoms with E-state index in [2.05, 4.69) is 5.32 Å². The van der Waals surface area contributed by atoms with E-state index in [1.54, 1.807) is 0 Å². The number of sulfonamides is 1. The van der Waals surface area contributed by atoms with E-state index in [1.807, 2.05) is 0 Å². The molecule has 26 heavy (non-hydrogen) atoms. The van der Waals surface area contributed by atoms with Crippen LogP contribution in [0.4, 0.5) is 18.9 Å². The van der Waals surface area contributed by atoms with Crippen LogP contribution in [0.3, 0.4) is 0 Å². The van der Waals surface area contributed by atoms with Gasteiger partial charge in [0.25, 0.3) is 0 Å². The first kappa shape index (κ1) is 20.8. The molecule has 1 atom stereocenters. The second-order valence-electron chi connectivity index (χ2n) is 5.87. The Morgan fingerprint density at radius 1 is 1.42 bits per heavy atom. The standard InChI is InChI=1S/C15H18ClF3N2O4S/c1-26(23,24)21(9-14(22)20-8-11-3-2-6-25-11)10-4-5-13(16)12(7-10)15(17,18)19/h4-5,7,11H,2-3,6,8-9H2,1H3,(H,20,22)/t11-/m0/s1. The maximum Gasteiger partial charge on any atom is 0.417 e. The van der Waals surface area contributed by atoms with Gasteiger partial charge < -0.3 is 10.1 Å². The van der Waals surface area contributed by atoms with Gasteiger partial charge >= 0.3 is 6.18 Å². The number of hydrogen-bond donors (Lipinski definition) is 1. The second-order valence-corrected chi connectivity index (χ2v) is 8.18. The fourth-order valence-electron chi connectivity index (χ4n) is 2.50. The van der Waals surface area contributed by atoms with E-state index in [0.29, 0.717) is 17.0 Å². The van der Waals surface area contributed by atoms with Gasteiger partial charge in [-0.3, -0.25) is 9.10 Å². The number of alkyl halides is 3. The Hall–Kier alpha value is -1.52. The number of halogens is 4. The van der Waals surface area contributed by atoms with Crippen LogP contribution in [0, 0.1) is 0 Å². The minimum Gasteiger partial charge on any atom is -0.376 e. The predicted molar refractivity (Wildman–Crippen MR) is 90.6 cm³/mol. The average molecular weight is 415 g/mol. The van der Waals surface area contributed by atoms with Crippen molar-refractivity contribution in [1.82, 2.24) is 5.32 Å². The zero-order valence-corrected chi connectivity index (χ0v) is 15.4. The van der Waals surface area contributed by atoms with Crippen LogP contribution in [-0.4, -0.2) is 46.4 Å². The van der Waals surface area contributed by atoms with Crippen molar-refractivity contribution in [3.63, 3.8) is 0 Å². The molecule has 1 aliphatic rings. The fraction of sp³-hybridized carbons (Fsp3) is 0.533. The molecule has 0 saturated carbocycles. The SMILES string of the molecule is CS(=O)(=O)N(CC(=O)NC[C@@H]1CCCO1)c1ccc(Cl)c(C(F)(F)F)c1. The summed E-state index contributed by atoms with van der Waals surface area (Å²) < 4.78 is 68.9. The molecule has 11 heteroatoms. The minimum absolute atomic E-state index is 0.141. The number of benzene rings is 1. The van der Waals surface area contributed by atoms with Gasteiger partial charge in [-0.05, 0) is 31.0 Å². The van der Waals surface area contributed by atoms with Crippen molar-refractivity contribution < 1.29 is 31.1 Å². The summed E-state index contributed by atoms with van der Waals surface area (Å²) in [7, 11) is -3.99. The maximum atomic E-state index is 13.0. The molecule has 0 spiro atoms. The van der Waals surface area contributed by atoms with E-state index in [9.17, 15) is 26.4 Å². The first-order valence-electron chi connectivity index (χ1n) is 7.71. The summed E-state index contributed by atoms with van der Waals surface area (Å²) in [5, 5.41) is 1.98. The first-order valence-corrected chi connectivity index (χ1v) is 9.94. The second kappa shape index (κ2) is 8.01. The molecule has 0 radical (unpaired) electrons. The number of anilines is 1. The number of carbonyl (C=O) groups excluding carboxylic acids is 1. The fourth-order valence-corrected chi connectivity index (χ4v) is 3.58. The van der Waals surface area contributed by atoms with Crippen molar-refractivity contribution >= 4 is 33.2 Å². The first-order chi connectivity index (χ1) is 12.0. The summed E-state index contributed by atoms with van der Waals surface area (Å²) in [5.74, 6) is -0.644. The zero-order chi connectivity index (χ0) is 19.5. The topological polar surface area (TPSA) is 75.7 Å². The van der Waals surface area contributed by atoms with Crippen LogP contribution in [0.15, 0.2) is 18.2 Å². The predicted octanol–water partition coefficient (Wildman–Crippen LogP) is 2.42. The molecule has 1 heterocycles. The van der Waals surface area contributed by atoms with Crippen molar-refractivity contribution in [3.05, 3.63) is 28.8 Å². The van der Waals surface area contributed by atoms with Gasteiger partial charge in [0.2, 0.25) is 15.9 Å². The van der Waals surface area contributed by atoms with E-state index in [0.717, 1.165) is 31.2 Å². The quantitative estimate of drug-likeness (QED) is 0.775. The summed E-state index contributed by atoms with van der Waals surface area (Å²) in [6, 6.07) is 2.67. The highest BCUT2D eigenvalue weighted by Gasteiger charge is 2.34. The minimum atomic E-state index is -4.75. The molecule has 1 aromatic rings. The van der Waals surface area contributed by atoms with E-state index < -0.39 is 39.2 Å². The molecule has 1 aromatic carbocycles. The van der Waals surface area contributed by atoms with Gasteiger partial charge in [-0.2, -0.15) is 13.2 Å². The molecule has 1 fully saturated rings. The van der Waals surface area contributed by atoms with E-state index >= 15 is 0 Å². The Bertz CT molecular complexity index is 765. The Balaban J connectivity index is 2.18. The molecule has 2 rings (SSSR count). The third kappa shape index (κ3) is 5.49. The van der Waals surface area contributed by atoms with Gasteiger partial charge in [0.1, 0.15) is 6.54 Å². The summed E-state index contributed by atoms with van der Waals surface area (Å²) in [6.07, 6.45) is -2.43. The molecule has 6 nitrogen and oxygen atoms in total. The van der Waals surface area contributed by atoms with Crippen molar-refractivity contribution in [2.24, 2.45) is 0 Å². The molecule has 1 saturated heterocycles. The molecular weight excluding hydrogens is 397 g/mol. The van der Waals surface area contributed by atoms with Crippen LogP contribution in [0.2, 0.25) is 5.02 Å². The summed E-state index contributed by atoms with van der Waals surface area (Å²) >= 11 is 5.55. The van der Waals surface area contributed by atoms with Gasteiger partial charge in [-0.15, -0.1) is 0 Å². The molecule has 0 aromatic heterocycles. The van der Waals surface area contributed by atoms with Crippen LogP contribution < -0.4 is 9.62 Å². The number of nitrogens with one attached hydrogen (secondary N) is 1. The van der Waals surface area contributed by atoms with Gasteiger partial charge in [-0.1, -0.05) is 11.6 Å². The van der Waals surface area contributed by atoms with Gasteiger partial charge in [-0.25, -0.2) is 8.42 Å². The largest absolute Gasteiger partial charge is 0.417 e. The van der Waals surface area contributed by atoms with E-state index in [4.69, 9.17) is 16.3 Å². The lowest BCUT2D eigenvalue weighted by Gasteiger charge is -2.23. The highest BCUT2D eigenvalue weighted by molar-refractivity contribution is 7.92. The van der Waals surface area contributed by atoms with Crippen LogP contribution in [-0.2, 0) is 25.7 Å². The number of nitrogens with zero attached hydrogens (tertiary/aromatic N) is 1. The van der Waals surface area contributed by atoms with Gasteiger partial charge in [0.15, 0.2) is 0 Å². The normalized spacial score (nSPS) is 18.0. The lowest BCUT2D eigenvalue weighted by atomic mass is 10.2. The molecule has 1 N–H and O–H groups in total. The molecule has 1 aliphatic heterocycles. The smallest absolute Gasteiger partial charge is 0.376 e. The highest BCUT2D eigenvalue weighted by Crippen LogP contribution is 2.37. The van der Waals surface area contributed by atoms with Gasteiger partial charge in [0, 0.05) is 13.2 Å². The number of hydrogen-bond acceptors (Lipinski definition) is 4. The molecule has 0 unspecified atom stereocenters. The van der Waals surface area contributed by atoms with E-state index in [-0.39, 0.29) is 18.3 Å². The molecule has 146 valence electrons. The Labute approximate surface area is 154 Å². The van der Waals surface area contributed by atoms with Crippen molar-refractivity contribution in [1.29, 1.82) is 0 Å². The maximum absolute atomic E-state index is 13.0. The average Bonchev–Trinajstić information content (AvgIpc) is 3.02. The van der Waals surface area contributed by atoms with Crippen LogP contribution in [0.25, 0.3) is 0 Å². The molecule has 0 bridgehead atoms. The van der Waals surface area contributed by atoms with Crippen LogP contribution >= 0.6 is 11.6 Å². The number of ether oxygens (including phenoxy) is 1. The third-order valence-corrected chi connectivity index (χ3v) is 5.25. The van der Waals surface area contributed by atoms with Crippen molar-refractivity contribution in [3.8, 4) is 0 Å². The number of rotatable bonds is 6. The van der Waals surface area contributed by atoms with Crippen LogP contribution in [0.1, 0.15) is 18.4 Å². The molecular formula is C15H18ClF3N2O4S. The number of carbonyl (C=O) groups is 1. The Morgan fingerprint density at radius 2 is 2.12 bits per heavy atom. The Kier molecular flexibility index (Phi) is 6.41.